The summed E-state index contributed by atoms with van der Waals surface area (Å²) in [6.07, 6.45) is -5.50. The third-order valence-corrected chi connectivity index (χ3v) is 2.44. The Morgan fingerprint density at radius 2 is 1.95 bits per heavy atom. The average molecular weight is 303 g/mol. The average Bonchev–Trinajstić information content (AvgIpc) is 2.35. The van der Waals surface area contributed by atoms with Gasteiger partial charge in [0.25, 0.3) is 6.43 Å². The molecular weight excluding hydrogens is 284 g/mol. The minimum absolute atomic E-state index is 0.00316. The topological polar surface area (TPSA) is 67.8 Å². The third-order valence-electron chi connectivity index (χ3n) is 2.44. The molecule has 1 amide bonds. The van der Waals surface area contributed by atoms with Gasteiger partial charge in [-0.15, -0.1) is 0 Å². The standard InChI is InChI=1S/C14H19F2NO4/c1-14(2,3)21-13(19)17-9-6-5-8(7-10(9)20-4)11(18)12(15)16/h5-7,11-12,18H,1-4H3,(H,17,19). The minimum Gasteiger partial charge on any atom is -0.495 e. The van der Waals surface area contributed by atoms with Crippen molar-refractivity contribution >= 4 is 11.8 Å². The van der Waals surface area contributed by atoms with Gasteiger partial charge in [-0.05, 0) is 38.5 Å². The van der Waals surface area contributed by atoms with Crippen molar-refractivity contribution in [3.05, 3.63) is 23.8 Å². The molecule has 1 aromatic rings. The van der Waals surface area contributed by atoms with Crippen LogP contribution in [0.1, 0.15) is 32.4 Å². The largest absolute Gasteiger partial charge is 0.495 e. The molecule has 0 saturated carbocycles. The van der Waals surface area contributed by atoms with Crippen LogP contribution in [0, 0.1) is 0 Å². The summed E-state index contributed by atoms with van der Waals surface area (Å²) >= 11 is 0. The first-order valence-electron chi connectivity index (χ1n) is 6.28. The van der Waals surface area contributed by atoms with Gasteiger partial charge < -0.3 is 14.6 Å². The zero-order valence-corrected chi connectivity index (χ0v) is 12.3. The summed E-state index contributed by atoms with van der Waals surface area (Å²) in [6.45, 7) is 5.14. The molecule has 118 valence electrons. The van der Waals surface area contributed by atoms with Gasteiger partial charge in [-0.2, -0.15) is 0 Å². The number of aliphatic hydroxyl groups is 1. The minimum atomic E-state index is -2.90. The van der Waals surface area contributed by atoms with E-state index in [4.69, 9.17) is 9.47 Å². The Morgan fingerprint density at radius 1 is 1.33 bits per heavy atom. The van der Waals surface area contributed by atoms with Crippen molar-refractivity contribution in [3.8, 4) is 5.75 Å². The number of ether oxygens (including phenoxy) is 2. The quantitative estimate of drug-likeness (QED) is 0.895. The predicted octanol–water partition coefficient (Wildman–Crippen LogP) is 3.34. The summed E-state index contributed by atoms with van der Waals surface area (Å²) in [7, 11) is 1.33. The zero-order valence-electron chi connectivity index (χ0n) is 12.3. The summed E-state index contributed by atoms with van der Waals surface area (Å²) in [5.41, 5.74) is -0.406. The molecule has 0 bridgehead atoms. The molecule has 0 spiro atoms. The Bertz CT molecular complexity index is 500. The zero-order chi connectivity index (χ0) is 16.2. The summed E-state index contributed by atoms with van der Waals surface area (Å²) in [5.74, 6) is 0.151. The lowest BCUT2D eigenvalue weighted by Crippen LogP contribution is -2.27. The van der Waals surface area contributed by atoms with Gasteiger partial charge in [0.2, 0.25) is 0 Å². The van der Waals surface area contributed by atoms with Crippen LogP contribution in [0.3, 0.4) is 0 Å². The summed E-state index contributed by atoms with van der Waals surface area (Å²) in [6, 6.07) is 3.89. The van der Waals surface area contributed by atoms with Gasteiger partial charge in [0.05, 0.1) is 12.8 Å². The lowest BCUT2D eigenvalue weighted by atomic mass is 10.1. The van der Waals surface area contributed by atoms with E-state index in [0.29, 0.717) is 0 Å². The molecule has 2 N–H and O–H groups in total. The number of amides is 1. The van der Waals surface area contributed by atoms with Crippen LogP contribution in [-0.4, -0.2) is 30.3 Å². The highest BCUT2D eigenvalue weighted by molar-refractivity contribution is 5.87. The second-order valence-corrected chi connectivity index (χ2v) is 5.37. The molecule has 1 unspecified atom stereocenters. The van der Waals surface area contributed by atoms with E-state index in [9.17, 15) is 18.7 Å². The van der Waals surface area contributed by atoms with Crippen LogP contribution in [0.5, 0.6) is 5.75 Å². The van der Waals surface area contributed by atoms with Crippen LogP contribution in [0.25, 0.3) is 0 Å². The Hall–Kier alpha value is -1.89. The molecule has 0 radical (unpaired) electrons. The number of benzene rings is 1. The van der Waals surface area contributed by atoms with Crippen molar-refractivity contribution in [2.45, 2.75) is 38.9 Å². The molecule has 21 heavy (non-hydrogen) atoms. The molecule has 0 fully saturated rings. The summed E-state index contributed by atoms with van der Waals surface area (Å²) in [4.78, 5) is 11.7. The van der Waals surface area contributed by atoms with Crippen LogP contribution in [0.4, 0.5) is 19.3 Å². The Balaban J connectivity index is 2.92. The van der Waals surface area contributed by atoms with Crippen molar-refractivity contribution in [3.63, 3.8) is 0 Å². The first kappa shape index (κ1) is 17.2. The van der Waals surface area contributed by atoms with Crippen molar-refractivity contribution < 1.29 is 28.2 Å². The van der Waals surface area contributed by atoms with E-state index in [0.717, 1.165) is 0 Å². The summed E-state index contributed by atoms with van der Waals surface area (Å²) < 4.78 is 35.0. The third kappa shape index (κ3) is 5.18. The van der Waals surface area contributed by atoms with Crippen molar-refractivity contribution in [1.82, 2.24) is 0 Å². The van der Waals surface area contributed by atoms with E-state index in [1.807, 2.05) is 0 Å². The maximum atomic E-state index is 12.5. The molecule has 0 aliphatic carbocycles. The van der Waals surface area contributed by atoms with E-state index >= 15 is 0 Å². The fourth-order valence-electron chi connectivity index (χ4n) is 1.55. The molecule has 0 heterocycles. The smallest absolute Gasteiger partial charge is 0.412 e. The number of hydrogen-bond donors (Lipinski definition) is 2. The van der Waals surface area contributed by atoms with E-state index in [-0.39, 0.29) is 17.0 Å². The van der Waals surface area contributed by atoms with Gasteiger partial charge in [0.1, 0.15) is 17.5 Å². The molecule has 0 aliphatic rings. The highest BCUT2D eigenvalue weighted by atomic mass is 19.3. The molecule has 1 atom stereocenters. The Morgan fingerprint density at radius 3 is 2.43 bits per heavy atom. The lowest BCUT2D eigenvalue weighted by molar-refractivity contribution is -0.00586. The van der Waals surface area contributed by atoms with Crippen LogP contribution in [-0.2, 0) is 4.74 Å². The number of carbonyl (C=O) groups is 1. The number of hydrogen-bond acceptors (Lipinski definition) is 4. The van der Waals surface area contributed by atoms with Gasteiger partial charge >= 0.3 is 6.09 Å². The molecule has 0 saturated heterocycles. The van der Waals surface area contributed by atoms with E-state index in [1.165, 1.54) is 25.3 Å². The lowest BCUT2D eigenvalue weighted by Gasteiger charge is -2.20. The first-order chi connectivity index (χ1) is 9.64. The fourth-order valence-corrected chi connectivity index (χ4v) is 1.55. The monoisotopic (exact) mass is 303 g/mol. The number of alkyl halides is 2. The van der Waals surface area contributed by atoms with Gasteiger partial charge in [0.15, 0.2) is 0 Å². The van der Waals surface area contributed by atoms with Crippen molar-refractivity contribution in [2.75, 3.05) is 12.4 Å². The second-order valence-electron chi connectivity index (χ2n) is 5.37. The number of anilines is 1. The van der Waals surface area contributed by atoms with E-state index in [1.54, 1.807) is 20.8 Å². The highest BCUT2D eigenvalue weighted by Gasteiger charge is 2.22. The van der Waals surface area contributed by atoms with Gasteiger partial charge in [-0.3, -0.25) is 5.32 Å². The van der Waals surface area contributed by atoms with Gasteiger partial charge in [-0.25, -0.2) is 13.6 Å². The summed E-state index contributed by atoms with van der Waals surface area (Å²) in [5, 5.41) is 11.8. The first-order valence-corrected chi connectivity index (χ1v) is 6.28. The predicted molar refractivity (Wildman–Crippen MR) is 73.8 cm³/mol. The molecule has 1 aromatic carbocycles. The van der Waals surface area contributed by atoms with Crippen LogP contribution in [0.2, 0.25) is 0 Å². The number of carbonyl (C=O) groups excluding carboxylic acids is 1. The van der Waals surface area contributed by atoms with Crippen LogP contribution in [0.15, 0.2) is 18.2 Å². The normalized spacial score (nSPS) is 13.0. The molecule has 0 aliphatic heterocycles. The number of rotatable bonds is 4. The molecule has 7 heteroatoms. The Kier molecular flexibility index (Phi) is 5.48. The van der Waals surface area contributed by atoms with Crippen molar-refractivity contribution in [2.24, 2.45) is 0 Å². The number of aliphatic hydroxyl groups excluding tert-OH is 1. The maximum absolute atomic E-state index is 12.5. The fraction of sp³-hybridized carbons (Fsp3) is 0.500. The maximum Gasteiger partial charge on any atom is 0.412 e. The highest BCUT2D eigenvalue weighted by Crippen LogP contribution is 2.30. The second kappa shape index (κ2) is 6.71. The van der Waals surface area contributed by atoms with Crippen LogP contribution >= 0.6 is 0 Å². The van der Waals surface area contributed by atoms with E-state index < -0.39 is 24.2 Å². The van der Waals surface area contributed by atoms with Gasteiger partial charge in [0, 0.05) is 0 Å². The van der Waals surface area contributed by atoms with E-state index in [2.05, 4.69) is 5.32 Å². The number of nitrogens with one attached hydrogen (secondary N) is 1. The van der Waals surface area contributed by atoms with Crippen molar-refractivity contribution in [1.29, 1.82) is 0 Å². The molecule has 1 rings (SSSR count). The number of methoxy groups -OCH3 is 1. The van der Waals surface area contributed by atoms with Crippen LogP contribution < -0.4 is 10.1 Å². The Labute approximate surface area is 121 Å². The molecular formula is C14H19F2NO4. The molecule has 5 nitrogen and oxygen atoms in total. The SMILES string of the molecule is COc1cc(C(O)C(F)F)ccc1NC(=O)OC(C)(C)C. The van der Waals surface area contributed by atoms with Gasteiger partial charge in [-0.1, -0.05) is 6.07 Å². The molecule has 0 aromatic heterocycles. The number of halogens is 2.